The lowest BCUT2D eigenvalue weighted by molar-refractivity contribution is 0.0106. The predicted octanol–water partition coefficient (Wildman–Crippen LogP) is 1.99. The van der Waals surface area contributed by atoms with Gasteiger partial charge in [-0.2, -0.15) is 0 Å². The molecule has 0 unspecified atom stereocenters. The summed E-state index contributed by atoms with van der Waals surface area (Å²) in [5.41, 5.74) is 1.49. The van der Waals surface area contributed by atoms with Crippen molar-refractivity contribution in [2.24, 2.45) is 5.41 Å². The number of hydrogen-bond acceptors (Lipinski definition) is 6. The second-order valence-corrected chi connectivity index (χ2v) is 7.21. The van der Waals surface area contributed by atoms with Crippen LogP contribution in [0, 0.1) is 5.41 Å². The Morgan fingerprint density at radius 1 is 1.04 bits per heavy atom. The highest BCUT2D eigenvalue weighted by atomic mass is 16.5. The third-order valence-electron chi connectivity index (χ3n) is 5.21. The summed E-state index contributed by atoms with van der Waals surface area (Å²) in [6.07, 6.45) is 11.5. The summed E-state index contributed by atoms with van der Waals surface area (Å²) in [5.74, 6) is 0.957. The molecule has 2 saturated heterocycles. The number of rotatable bonds is 3. The number of anilines is 1. The normalized spacial score (nSPS) is 25.0. The maximum Gasteiger partial charge on any atom is 0.147 e. The van der Waals surface area contributed by atoms with Crippen molar-refractivity contribution in [2.75, 3.05) is 44.3 Å². The minimum atomic E-state index is 0.166. The summed E-state index contributed by atoms with van der Waals surface area (Å²) in [6.45, 7) is 6.64. The minimum Gasteiger partial charge on any atom is -0.379 e. The Bertz CT molecular complexity index is 668. The Hall–Kier alpha value is -2.05. The molecule has 1 spiro atoms. The molecule has 0 aliphatic carbocycles. The predicted molar refractivity (Wildman–Crippen MR) is 96.2 cm³/mol. The molecular formula is C19H25N5O. The molecule has 4 heterocycles. The third kappa shape index (κ3) is 3.96. The van der Waals surface area contributed by atoms with Crippen molar-refractivity contribution in [2.45, 2.75) is 19.4 Å². The average Bonchev–Trinajstić information content (AvgIpc) is 2.86. The zero-order chi connectivity index (χ0) is 17.0. The lowest BCUT2D eigenvalue weighted by atomic mass is 9.80. The molecule has 0 radical (unpaired) electrons. The van der Waals surface area contributed by atoms with Gasteiger partial charge in [0.2, 0.25) is 0 Å². The first-order valence-electron chi connectivity index (χ1n) is 9.03. The van der Waals surface area contributed by atoms with E-state index in [1.807, 2.05) is 18.6 Å². The first-order valence-corrected chi connectivity index (χ1v) is 9.03. The fraction of sp³-hybridized carbons (Fsp3) is 0.526. The quantitative estimate of drug-likeness (QED) is 0.852. The van der Waals surface area contributed by atoms with E-state index in [-0.39, 0.29) is 5.41 Å². The molecule has 132 valence electrons. The van der Waals surface area contributed by atoms with Crippen LogP contribution >= 0.6 is 0 Å². The van der Waals surface area contributed by atoms with Crippen molar-refractivity contribution in [3.63, 3.8) is 0 Å². The number of likely N-dealkylation sites (tertiary alicyclic amines) is 1. The maximum atomic E-state index is 6.01. The Morgan fingerprint density at radius 3 is 2.80 bits per heavy atom. The van der Waals surface area contributed by atoms with Crippen LogP contribution in [0.4, 0.5) is 5.82 Å². The van der Waals surface area contributed by atoms with Crippen LogP contribution < -0.4 is 4.90 Å². The molecule has 4 rings (SSSR count). The Kier molecular flexibility index (Phi) is 4.90. The SMILES string of the molecule is c1cc(CN2CCC[C@@]3(COCCN(c4cnccn4)C3)C2)ccn1. The molecule has 0 N–H and O–H groups in total. The second-order valence-electron chi connectivity index (χ2n) is 7.21. The van der Waals surface area contributed by atoms with Gasteiger partial charge in [0.15, 0.2) is 0 Å². The summed E-state index contributed by atoms with van der Waals surface area (Å²) < 4.78 is 6.01. The zero-order valence-electron chi connectivity index (χ0n) is 14.5. The number of aromatic nitrogens is 3. The molecule has 0 saturated carbocycles. The Morgan fingerprint density at radius 2 is 1.96 bits per heavy atom. The maximum absolute atomic E-state index is 6.01. The van der Waals surface area contributed by atoms with Gasteiger partial charge in [0.05, 0.1) is 19.4 Å². The van der Waals surface area contributed by atoms with E-state index in [1.165, 1.54) is 18.4 Å². The lowest BCUT2D eigenvalue weighted by Crippen LogP contribution is -2.50. The van der Waals surface area contributed by atoms with Crippen molar-refractivity contribution in [3.05, 3.63) is 48.7 Å². The van der Waals surface area contributed by atoms with Gasteiger partial charge in [-0.05, 0) is 37.1 Å². The van der Waals surface area contributed by atoms with Crippen LogP contribution in [0.25, 0.3) is 0 Å². The van der Waals surface area contributed by atoms with Crippen LogP contribution in [0.5, 0.6) is 0 Å². The van der Waals surface area contributed by atoms with E-state index in [4.69, 9.17) is 4.74 Å². The number of ether oxygens (including phenoxy) is 1. The molecule has 6 heteroatoms. The van der Waals surface area contributed by atoms with Crippen molar-refractivity contribution in [1.82, 2.24) is 19.9 Å². The highest BCUT2D eigenvalue weighted by Crippen LogP contribution is 2.34. The van der Waals surface area contributed by atoms with Gasteiger partial charge in [0.25, 0.3) is 0 Å². The van der Waals surface area contributed by atoms with E-state index >= 15 is 0 Å². The molecule has 2 aromatic rings. The van der Waals surface area contributed by atoms with Gasteiger partial charge in [-0.3, -0.25) is 14.9 Å². The molecule has 0 aromatic carbocycles. The molecule has 2 fully saturated rings. The number of pyridine rings is 1. The van der Waals surface area contributed by atoms with E-state index in [0.29, 0.717) is 0 Å². The van der Waals surface area contributed by atoms with Gasteiger partial charge in [0.1, 0.15) is 5.82 Å². The number of piperidine rings is 1. The van der Waals surface area contributed by atoms with Crippen LogP contribution in [0.3, 0.4) is 0 Å². The fourth-order valence-corrected chi connectivity index (χ4v) is 4.08. The molecule has 2 aliphatic rings. The number of nitrogens with zero attached hydrogens (tertiary/aromatic N) is 5. The molecule has 0 bridgehead atoms. The molecule has 2 aromatic heterocycles. The molecule has 2 aliphatic heterocycles. The Balaban J connectivity index is 1.49. The van der Waals surface area contributed by atoms with Crippen molar-refractivity contribution in [1.29, 1.82) is 0 Å². The summed E-state index contributed by atoms with van der Waals surface area (Å²) in [7, 11) is 0. The Labute approximate surface area is 148 Å². The van der Waals surface area contributed by atoms with Gasteiger partial charge < -0.3 is 9.64 Å². The molecule has 25 heavy (non-hydrogen) atoms. The lowest BCUT2D eigenvalue weighted by Gasteiger charge is -2.43. The summed E-state index contributed by atoms with van der Waals surface area (Å²) in [4.78, 5) is 17.8. The summed E-state index contributed by atoms with van der Waals surface area (Å²) in [6, 6.07) is 4.22. The van der Waals surface area contributed by atoms with Crippen LogP contribution in [-0.2, 0) is 11.3 Å². The third-order valence-corrected chi connectivity index (χ3v) is 5.21. The smallest absolute Gasteiger partial charge is 0.147 e. The highest BCUT2D eigenvalue weighted by molar-refractivity contribution is 5.36. The second kappa shape index (κ2) is 7.45. The first kappa shape index (κ1) is 16.4. The monoisotopic (exact) mass is 339 g/mol. The molecule has 6 nitrogen and oxygen atoms in total. The van der Waals surface area contributed by atoms with Crippen molar-refractivity contribution >= 4 is 5.82 Å². The van der Waals surface area contributed by atoms with Crippen LogP contribution in [0.2, 0.25) is 0 Å². The van der Waals surface area contributed by atoms with Gasteiger partial charge in [-0.15, -0.1) is 0 Å². The topological polar surface area (TPSA) is 54.4 Å². The van der Waals surface area contributed by atoms with Crippen LogP contribution in [0.15, 0.2) is 43.1 Å². The van der Waals surface area contributed by atoms with Gasteiger partial charge in [-0.1, -0.05) is 0 Å². The van der Waals surface area contributed by atoms with E-state index in [2.05, 4.69) is 36.9 Å². The standard InChI is InChI=1S/C19H25N5O/c1-4-19(14-23(9-1)13-17-2-5-20-6-3-17)15-24(10-11-25-16-19)18-12-21-7-8-22-18/h2-3,5-8,12H,1,4,9-11,13-16H2/t19-/m1/s1. The van der Waals surface area contributed by atoms with E-state index in [1.54, 1.807) is 12.4 Å². The zero-order valence-corrected chi connectivity index (χ0v) is 14.5. The van der Waals surface area contributed by atoms with E-state index < -0.39 is 0 Å². The number of hydrogen-bond donors (Lipinski definition) is 0. The molecule has 1 atom stereocenters. The van der Waals surface area contributed by atoms with Gasteiger partial charge in [0, 0.05) is 56.4 Å². The van der Waals surface area contributed by atoms with Crippen molar-refractivity contribution < 1.29 is 4.74 Å². The minimum absolute atomic E-state index is 0.166. The van der Waals surface area contributed by atoms with E-state index in [9.17, 15) is 0 Å². The van der Waals surface area contributed by atoms with Gasteiger partial charge >= 0.3 is 0 Å². The summed E-state index contributed by atoms with van der Waals surface area (Å²) in [5, 5.41) is 0. The van der Waals surface area contributed by atoms with E-state index in [0.717, 1.165) is 51.8 Å². The van der Waals surface area contributed by atoms with Crippen molar-refractivity contribution in [3.8, 4) is 0 Å². The molecular weight excluding hydrogens is 314 g/mol. The molecule has 0 amide bonds. The summed E-state index contributed by atoms with van der Waals surface area (Å²) >= 11 is 0. The first-order chi connectivity index (χ1) is 12.3. The highest BCUT2D eigenvalue weighted by Gasteiger charge is 2.39. The van der Waals surface area contributed by atoms with Crippen LogP contribution in [-0.4, -0.2) is 59.2 Å². The van der Waals surface area contributed by atoms with Crippen LogP contribution in [0.1, 0.15) is 18.4 Å². The average molecular weight is 339 g/mol. The largest absolute Gasteiger partial charge is 0.379 e. The van der Waals surface area contributed by atoms with Gasteiger partial charge in [-0.25, -0.2) is 4.98 Å². The fourth-order valence-electron chi connectivity index (χ4n) is 4.08.